The smallest absolute Gasteiger partial charge is 0.324 e. The minimum absolute atomic E-state index is 0.0232. The molecule has 100 valence electrons. The summed E-state index contributed by atoms with van der Waals surface area (Å²) in [7, 11) is -2.30. The van der Waals surface area contributed by atoms with Crippen LogP contribution >= 0.6 is 7.60 Å². The Labute approximate surface area is 113 Å². The molecule has 1 unspecified atom stereocenters. The molecule has 0 spiro atoms. The van der Waals surface area contributed by atoms with E-state index in [9.17, 15) is 9.46 Å². The third kappa shape index (κ3) is 3.54. The molecule has 0 aliphatic carbocycles. The zero-order valence-electron chi connectivity index (χ0n) is 11.0. The second-order valence-electron chi connectivity index (χ2n) is 4.50. The summed E-state index contributed by atoms with van der Waals surface area (Å²) in [6, 6.07) is 15.7. The largest absolute Gasteiger partial charge is 0.332 e. The van der Waals surface area contributed by atoms with Crippen molar-refractivity contribution in [2.24, 2.45) is 0 Å². The minimum Gasteiger partial charge on any atom is -0.324 e. The number of hydrogen-bond donors (Lipinski definition) is 1. The van der Waals surface area contributed by atoms with Crippen molar-refractivity contribution in [3.63, 3.8) is 0 Å². The molecule has 0 saturated carbocycles. The fourth-order valence-corrected chi connectivity index (χ4v) is 2.85. The average molecular weight is 276 g/mol. The van der Waals surface area contributed by atoms with Crippen molar-refractivity contribution < 1.29 is 14.0 Å². The Morgan fingerprint density at radius 2 is 1.84 bits per heavy atom. The quantitative estimate of drug-likeness (QED) is 0.859. The van der Waals surface area contributed by atoms with Crippen molar-refractivity contribution in [3.8, 4) is 11.1 Å². The summed E-state index contributed by atoms with van der Waals surface area (Å²) in [4.78, 5) is 9.67. The summed E-state index contributed by atoms with van der Waals surface area (Å²) < 4.78 is 16.5. The van der Waals surface area contributed by atoms with Crippen molar-refractivity contribution in [2.75, 3.05) is 7.11 Å². The highest BCUT2D eigenvalue weighted by molar-refractivity contribution is 7.51. The zero-order chi connectivity index (χ0) is 13.9. The molecule has 0 aliphatic rings. The Kier molecular flexibility index (Phi) is 4.20. The zero-order valence-corrected chi connectivity index (χ0v) is 11.9. The van der Waals surface area contributed by atoms with Crippen LogP contribution in [0.2, 0.25) is 0 Å². The molecule has 1 N–H and O–H groups in total. The number of hydrogen-bond acceptors (Lipinski definition) is 2. The Morgan fingerprint density at radius 1 is 1.16 bits per heavy atom. The van der Waals surface area contributed by atoms with Gasteiger partial charge in [-0.15, -0.1) is 0 Å². The van der Waals surface area contributed by atoms with Crippen LogP contribution in [0, 0.1) is 6.92 Å². The average Bonchev–Trinajstić information content (AvgIpc) is 2.39. The predicted octanol–water partition coefficient (Wildman–Crippen LogP) is 3.99. The van der Waals surface area contributed by atoms with Gasteiger partial charge in [0, 0.05) is 7.11 Å². The van der Waals surface area contributed by atoms with Gasteiger partial charge in [0.05, 0.1) is 6.16 Å². The van der Waals surface area contributed by atoms with Gasteiger partial charge in [0.2, 0.25) is 0 Å². The molecule has 4 heteroatoms. The fraction of sp³-hybridized carbons (Fsp3) is 0.200. The molecule has 2 aromatic rings. The molecule has 19 heavy (non-hydrogen) atoms. The van der Waals surface area contributed by atoms with Crippen molar-refractivity contribution in [1.82, 2.24) is 0 Å². The molecular formula is C15H17O3P. The van der Waals surface area contributed by atoms with Gasteiger partial charge in [-0.2, -0.15) is 0 Å². The van der Waals surface area contributed by atoms with Gasteiger partial charge >= 0.3 is 7.60 Å². The van der Waals surface area contributed by atoms with Crippen LogP contribution in [-0.4, -0.2) is 12.0 Å². The van der Waals surface area contributed by atoms with Crippen LogP contribution < -0.4 is 0 Å². The molecule has 3 nitrogen and oxygen atoms in total. The van der Waals surface area contributed by atoms with E-state index in [1.54, 1.807) is 0 Å². The summed E-state index contributed by atoms with van der Waals surface area (Å²) in [5, 5.41) is 0. The maximum absolute atomic E-state index is 11.8. The van der Waals surface area contributed by atoms with E-state index in [0.29, 0.717) is 0 Å². The number of aryl methyl sites for hydroxylation is 1. The van der Waals surface area contributed by atoms with Crippen LogP contribution in [0.1, 0.15) is 11.1 Å². The topological polar surface area (TPSA) is 46.5 Å². The highest BCUT2D eigenvalue weighted by Crippen LogP contribution is 2.46. The molecule has 0 aliphatic heterocycles. The van der Waals surface area contributed by atoms with Crippen LogP contribution in [-0.2, 0) is 15.3 Å². The minimum atomic E-state index is -3.56. The molecule has 1 atom stereocenters. The summed E-state index contributed by atoms with van der Waals surface area (Å²) in [6.07, 6.45) is 0.0232. The van der Waals surface area contributed by atoms with E-state index in [-0.39, 0.29) is 6.16 Å². The maximum atomic E-state index is 11.8. The van der Waals surface area contributed by atoms with E-state index < -0.39 is 7.60 Å². The van der Waals surface area contributed by atoms with E-state index >= 15 is 0 Å². The Morgan fingerprint density at radius 3 is 2.47 bits per heavy atom. The number of rotatable bonds is 4. The van der Waals surface area contributed by atoms with Crippen LogP contribution in [0.15, 0.2) is 48.5 Å². The van der Waals surface area contributed by atoms with Gasteiger partial charge in [0.15, 0.2) is 0 Å². The van der Waals surface area contributed by atoms with Gasteiger partial charge in [0.1, 0.15) is 0 Å². The molecule has 0 heterocycles. The lowest BCUT2D eigenvalue weighted by molar-refractivity contribution is 0.314. The summed E-state index contributed by atoms with van der Waals surface area (Å²) in [5.74, 6) is 0. The van der Waals surface area contributed by atoms with Gasteiger partial charge in [-0.3, -0.25) is 4.57 Å². The lowest BCUT2D eigenvalue weighted by Crippen LogP contribution is -1.94. The monoisotopic (exact) mass is 276 g/mol. The molecule has 0 saturated heterocycles. The van der Waals surface area contributed by atoms with E-state index in [0.717, 1.165) is 22.3 Å². The van der Waals surface area contributed by atoms with Gasteiger partial charge in [-0.25, -0.2) is 0 Å². The first-order valence-corrected chi connectivity index (χ1v) is 7.80. The maximum Gasteiger partial charge on any atom is 0.332 e. The first-order chi connectivity index (χ1) is 9.02. The van der Waals surface area contributed by atoms with Crippen LogP contribution in [0.3, 0.4) is 0 Å². The molecule has 0 bridgehead atoms. The van der Waals surface area contributed by atoms with Crippen molar-refractivity contribution in [2.45, 2.75) is 13.1 Å². The van der Waals surface area contributed by atoms with Crippen LogP contribution in [0.25, 0.3) is 11.1 Å². The van der Waals surface area contributed by atoms with Crippen molar-refractivity contribution >= 4 is 7.60 Å². The van der Waals surface area contributed by atoms with E-state index in [1.165, 1.54) is 7.11 Å². The standard InChI is InChI=1S/C15H17O3P/c1-12-8-9-15(13-6-4-3-5-7-13)14(10-12)11-19(16,17)18-2/h3-10H,11H2,1-2H3,(H,16,17). The molecule has 0 radical (unpaired) electrons. The summed E-state index contributed by atoms with van der Waals surface area (Å²) in [5.41, 5.74) is 3.90. The normalized spacial score (nSPS) is 14.1. The molecular weight excluding hydrogens is 259 g/mol. The summed E-state index contributed by atoms with van der Waals surface area (Å²) >= 11 is 0. The molecule has 0 fully saturated rings. The van der Waals surface area contributed by atoms with E-state index in [4.69, 9.17) is 0 Å². The van der Waals surface area contributed by atoms with Crippen molar-refractivity contribution in [1.29, 1.82) is 0 Å². The Bertz CT molecular complexity index is 608. The molecule has 2 aromatic carbocycles. The van der Waals surface area contributed by atoms with E-state index in [1.807, 2.05) is 55.5 Å². The lowest BCUT2D eigenvalue weighted by atomic mass is 9.99. The molecule has 2 rings (SSSR count). The first kappa shape index (κ1) is 14.0. The van der Waals surface area contributed by atoms with Gasteiger partial charge < -0.3 is 9.42 Å². The highest BCUT2D eigenvalue weighted by atomic mass is 31.2. The van der Waals surface area contributed by atoms with Crippen LogP contribution in [0.4, 0.5) is 0 Å². The third-order valence-electron chi connectivity index (χ3n) is 3.00. The second kappa shape index (κ2) is 5.70. The fourth-order valence-electron chi connectivity index (χ4n) is 2.03. The number of benzene rings is 2. The van der Waals surface area contributed by atoms with E-state index in [2.05, 4.69) is 4.52 Å². The Balaban J connectivity index is 2.48. The second-order valence-corrected chi connectivity index (χ2v) is 6.46. The van der Waals surface area contributed by atoms with Gasteiger partial charge in [-0.1, -0.05) is 54.1 Å². The lowest BCUT2D eigenvalue weighted by Gasteiger charge is -2.14. The summed E-state index contributed by atoms with van der Waals surface area (Å²) in [6.45, 7) is 1.97. The van der Waals surface area contributed by atoms with Gasteiger partial charge in [-0.05, 0) is 23.6 Å². The SMILES string of the molecule is COP(=O)(O)Cc1cc(C)ccc1-c1ccccc1. The predicted molar refractivity (Wildman–Crippen MR) is 77.2 cm³/mol. The van der Waals surface area contributed by atoms with Gasteiger partial charge in [0.25, 0.3) is 0 Å². The van der Waals surface area contributed by atoms with Crippen LogP contribution in [0.5, 0.6) is 0 Å². The first-order valence-electron chi connectivity index (χ1n) is 6.04. The molecule has 0 amide bonds. The highest BCUT2D eigenvalue weighted by Gasteiger charge is 2.20. The van der Waals surface area contributed by atoms with Crippen molar-refractivity contribution in [3.05, 3.63) is 59.7 Å². The molecule has 0 aromatic heterocycles. The third-order valence-corrected chi connectivity index (χ3v) is 4.31. The Hall–Kier alpha value is -1.41.